The molecule has 3 unspecified atom stereocenters. The second-order valence-corrected chi connectivity index (χ2v) is 6.54. The van der Waals surface area contributed by atoms with E-state index in [0.717, 1.165) is 12.5 Å². The maximum absolute atomic E-state index is 5.61. The van der Waals surface area contributed by atoms with E-state index in [2.05, 4.69) is 17.1 Å². The number of ether oxygens (including phenoxy) is 1. The largest absolute Gasteiger partial charge is 0.380 e. The van der Waals surface area contributed by atoms with E-state index in [1.165, 1.54) is 64.6 Å². The van der Waals surface area contributed by atoms with Crippen LogP contribution in [0.4, 0.5) is 0 Å². The molecule has 0 spiro atoms. The molecule has 0 bridgehead atoms. The van der Waals surface area contributed by atoms with Gasteiger partial charge in [-0.15, -0.1) is 0 Å². The zero-order valence-electron chi connectivity index (χ0n) is 12.9. The van der Waals surface area contributed by atoms with Crippen molar-refractivity contribution in [2.75, 3.05) is 33.3 Å². The summed E-state index contributed by atoms with van der Waals surface area (Å²) in [6.07, 6.45) is 9.88. The number of nitrogens with zero attached hydrogens (tertiary/aromatic N) is 1. The zero-order valence-corrected chi connectivity index (χ0v) is 12.9. The molecule has 3 heteroatoms. The first-order valence-corrected chi connectivity index (χ1v) is 8.28. The van der Waals surface area contributed by atoms with Crippen LogP contribution in [0.2, 0.25) is 0 Å². The summed E-state index contributed by atoms with van der Waals surface area (Å²) in [5, 5.41) is 3.76. The van der Waals surface area contributed by atoms with Crippen LogP contribution >= 0.6 is 0 Å². The van der Waals surface area contributed by atoms with E-state index in [4.69, 9.17) is 4.74 Å². The second kappa shape index (κ2) is 8.23. The highest BCUT2D eigenvalue weighted by atomic mass is 16.5. The van der Waals surface area contributed by atoms with Crippen molar-refractivity contribution < 1.29 is 4.74 Å². The van der Waals surface area contributed by atoms with Crippen molar-refractivity contribution in [2.45, 2.75) is 64.0 Å². The molecule has 0 amide bonds. The minimum absolute atomic E-state index is 0.441. The summed E-state index contributed by atoms with van der Waals surface area (Å²) < 4.78 is 5.61. The second-order valence-electron chi connectivity index (χ2n) is 6.54. The van der Waals surface area contributed by atoms with Crippen molar-refractivity contribution in [2.24, 2.45) is 5.92 Å². The molecule has 2 fully saturated rings. The molecule has 3 nitrogen and oxygen atoms in total. The first-order chi connectivity index (χ1) is 9.29. The molecule has 2 aliphatic rings. The summed E-state index contributed by atoms with van der Waals surface area (Å²) >= 11 is 0. The van der Waals surface area contributed by atoms with Crippen molar-refractivity contribution in [3.63, 3.8) is 0 Å². The van der Waals surface area contributed by atoms with Gasteiger partial charge in [0.1, 0.15) is 0 Å². The Hall–Kier alpha value is -0.120. The molecule has 2 rings (SSSR count). The Labute approximate surface area is 119 Å². The fourth-order valence-corrected chi connectivity index (χ4v) is 3.61. The van der Waals surface area contributed by atoms with E-state index in [9.17, 15) is 0 Å². The molecule has 1 saturated carbocycles. The number of nitrogens with one attached hydrogen (secondary N) is 1. The lowest BCUT2D eigenvalue weighted by Crippen LogP contribution is -2.46. The van der Waals surface area contributed by atoms with E-state index in [1.54, 1.807) is 0 Å². The van der Waals surface area contributed by atoms with Crippen LogP contribution < -0.4 is 5.32 Å². The number of likely N-dealkylation sites (tertiary alicyclic amines) is 1. The molecule has 0 aromatic carbocycles. The van der Waals surface area contributed by atoms with Gasteiger partial charge in [0.25, 0.3) is 0 Å². The lowest BCUT2D eigenvalue weighted by molar-refractivity contribution is 0.0400. The smallest absolute Gasteiger partial charge is 0.0724 e. The summed E-state index contributed by atoms with van der Waals surface area (Å²) in [6, 6.07) is 0.586. The number of rotatable bonds is 6. The highest BCUT2D eigenvalue weighted by molar-refractivity contribution is 4.82. The fourth-order valence-electron chi connectivity index (χ4n) is 3.61. The topological polar surface area (TPSA) is 24.5 Å². The van der Waals surface area contributed by atoms with Crippen LogP contribution in [0.15, 0.2) is 0 Å². The Morgan fingerprint density at radius 1 is 1.11 bits per heavy atom. The maximum Gasteiger partial charge on any atom is 0.0724 e. The van der Waals surface area contributed by atoms with Crippen molar-refractivity contribution in [3.05, 3.63) is 0 Å². The van der Waals surface area contributed by atoms with E-state index >= 15 is 0 Å². The molecular formula is C16H32N2O. The minimum Gasteiger partial charge on any atom is -0.380 e. The standard InChI is InChI=1S/C16H32N2O/c1-14(13-18-10-6-3-7-11-18)12-17-15-8-4-5-9-16(15)19-2/h14-17H,3-13H2,1-2H3. The molecule has 3 atom stereocenters. The van der Waals surface area contributed by atoms with E-state index in [0.29, 0.717) is 12.1 Å². The van der Waals surface area contributed by atoms with Crippen LogP contribution in [0.5, 0.6) is 0 Å². The predicted octanol–water partition coefficient (Wildman–Crippen LogP) is 2.66. The predicted molar refractivity (Wildman–Crippen MR) is 80.5 cm³/mol. The van der Waals surface area contributed by atoms with Gasteiger partial charge in [-0.2, -0.15) is 0 Å². The third-order valence-electron chi connectivity index (χ3n) is 4.75. The fraction of sp³-hybridized carbons (Fsp3) is 1.00. The summed E-state index contributed by atoms with van der Waals surface area (Å²) in [7, 11) is 1.86. The molecular weight excluding hydrogens is 236 g/mol. The van der Waals surface area contributed by atoms with E-state index in [1.807, 2.05) is 7.11 Å². The molecule has 0 radical (unpaired) electrons. The molecule has 112 valence electrons. The zero-order chi connectivity index (χ0) is 13.5. The molecule has 1 N–H and O–H groups in total. The van der Waals surface area contributed by atoms with Gasteiger partial charge in [0, 0.05) is 19.7 Å². The van der Waals surface area contributed by atoms with Crippen molar-refractivity contribution in [1.82, 2.24) is 10.2 Å². The van der Waals surface area contributed by atoms with Gasteiger partial charge in [-0.3, -0.25) is 0 Å². The highest BCUT2D eigenvalue weighted by Gasteiger charge is 2.24. The number of methoxy groups -OCH3 is 1. The van der Waals surface area contributed by atoms with Crippen LogP contribution in [-0.4, -0.2) is 50.3 Å². The molecule has 1 aliphatic carbocycles. The van der Waals surface area contributed by atoms with E-state index in [-0.39, 0.29) is 0 Å². The summed E-state index contributed by atoms with van der Waals surface area (Å²) in [5.41, 5.74) is 0. The van der Waals surface area contributed by atoms with Gasteiger partial charge in [0.2, 0.25) is 0 Å². The number of hydrogen-bond acceptors (Lipinski definition) is 3. The van der Waals surface area contributed by atoms with Gasteiger partial charge in [-0.05, 0) is 51.2 Å². The monoisotopic (exact) mass is 268 g/mol. The first-order valence-electron chi connectivity index (χ1n) is 8.28. The van der Waals surface area contributed by atoms with Crippen LogP contribution in [-0.2, 0) is 4.74 Å². The highest BCUT2D eigenvalue weighted by Crippen LogP contribution is 2.21. The van der Waals surface area contributed by atoms with Crippen molar-refractivity contribution in [3.8, 4) is 0 Å². The normalized spacial score (nSPS) is 31.3. The molecule has 19 heavy (non-hydrogen) atoms. The van der Waals surface area contributed by atoms with Crippen LogP contribution in [0.1, 0.15) is 51.9 Å². The van der Waals surface area contributed by atoms with Gasteiger partial charge in [-0.25, -0.2) is 0 Å². The summed E-state index contributed by atoms with van der Waals surface area (Å²) in [5.74, 6) is 0.748. The Kier molecular flexibility index (Phi) is 6.62. The van der Waals surface area contributed by atoms with E-state index < -0.39 is 0 Å². The minimum atomic E-state index is 0.441. The number of piperidine rings is 1. The Morgan fingerprint density at radius 2 is 1.84 bits per heavy atom. The molecule has 0 aromatic rings. The van der Waals surface area contributed by atoms with Gasteiger partial charge < -0.3 is 15.0 Å². The van der Waals surface area contributed by atoms with Gasteiger partial charge in [0.15, 0.2) is 0 Å². The van der Waals surface area contributed by atoms with Crippen LogP contribution in [0, 0.1) is 5.92 Å². The Morgan fingerprint density at radius 3 is 2.58 bits per heavy atom. The molecule has 1 aliphatic heterocycles. The lowest BCUT2D eigenvalue weighted by Gasteiger charge is -2.33. The van der Waals surface area contributed by atoms with Crippen LogP contribution in [0.3, 0.4) is 0 Å². The Bertz CT molecular complexity index is 241. The third kappa shape index (κ3) is 5.05. The van der Waals surface area contributed by atoms with Crippen molar-refractivity contribution >= 4 is 0 Å². The SMILES string of the molecule is COC1CCCCC1NCC(C)CN1CCCCC1. The number of hydrogen-bond donors (Lipinski definition) is 1. The quantitative estimate of drug-likeness (QED) is 0.801. The molecule has 1 saturated heterocycles. The van der Waals surface area contributed by atoms with Crippen molar-refractivity contribution in [1.29, 1.82) is 0 Å². The molecule has 1 heterocycles. The first kappa shape index (κ1) is 15.3. The van der Waals surface area contributed by atoms with Gasteiger partial charge >= 0.3 is 0 Å². The van der Waals surface area contributed by atoms with Gasteiger partial charge in [-0.1, -0.05) is 26.2 Å². The average molecular weight is 268 g/mol. The average Bonchev–Trinajstić information content (AvgIpc) is 2.46. The third-order valence-corrected chi connectivity index (χ3v) is 4.75. The summed E-state index contributed by atoms with van der Waals surface area (Å²) in [4.78, 5) is 2.64. The maximum atomic E-state index is 5.61. The Balaban J connectivity index is 1.65. The van der Waals surface area contributed by atoms with Crippen LogP contribution in [0.25, 0.3) is 0 Å². The molecule has 0 aromatic heterocycles. The summed E-state index contributed by atoms with van der Waals surface area (Å²) in [6.45, 7) is 7.41. The lowest BCUT2D eigenvalue weighted by atomic mass is 9.92. The van der Waals surface area contributed by atoms with Gasteiger partial charge in [0.05, 0.1) is 6.10 Å².